The molecular weight excluding hydrogens is 260 g/mol. The summed E-state index contributed by atoms with van der Waals surface area (Å²) in [5, 5.41) is 0. The van der Waals surface area contributed by atoms with Crippen molar-refractivity contribution in [1.29, 1.82) is 0 Å². The highest BCUT2D eigenvalue weighted by Crippen LogP contribution is 2.22. The van der Waals surface area contributed by atoms with Gasteiger partial charge in [0.05, 0.1) is 6.61 Å². The highest BCUT2D eigenvalue weighted by atomic mass is 16.7. The van der Waals surface area contributed by atoms with Gasteiger partial charge in [0.1, 0.15) is 0 Å². The molecule has 1 atom stereocenters. The SMILES string of the molecule is CCCCCCCCOC1C/C(=C/c2ccccc2)CO1. The molecule has 0 aromatic heterocycles. The second-order valence-corrected chi connectivity index (χ2v) is 5.80. The van der Waals surface area contributed by atoms with Crippen LogP contribution in [0.3, 0.4) is 0 Å². The molecule has 0 saturated carbocycles. The molecule has 1 aliphatic rings. The Morgan fingerprint density at radius 1 is 1.10 bits per heavy atom. The molecule has 0 amide bonds. The Balaban J connectivity index is 1.59. The summed E-state index contributed by atoms with van der Waals surface area (Å²) < 4.78 is 11.5. The maximum absolute atomic E-state index is 5.81. The fourth-order valence-electron chi connectivity index (χ4n) is 2.62. The first kappa shape index (κ1) is 16.3. The van der Waals surface area contributed by atoms with E-state index in [0.717, 1.165) is 19.4 Å². The number of hydrogen-bond acceptors (Lipinski definition) is 2. The first-order valence-corrected chi connectivity index (χ1v) is 8.36. The van der Waals surface area contributed by atoms with Crippen LogP contribution in [0.2, 0.25) is 0 Å². The van der Waals surface area contributed by atoms with Crippen molar-refractivity contribution in [3.05, 3.63) is 41.5 Å². The van der Waals surface area contributed by atoms with Crippen LogP contribution in [0.1, 0.15) is 57.4 Å². The molecule has 1 aromatic rings. The van der Waals surface area contributed by atoms with Crippen LogP contribution in [-0.2, 0) is 9.47 Å². The summed E-state index contributed by atoms with van der Waals surface area (Å²) in [5.74, 6) is 0. The maximum atomic E-state index is 5.81. The maximum Gasteiger partial charge on any atom is 0.161 e. The van der Waals surface area contributed by atoms with Crippen molar-refractivity contribution in [2.24, 2.45) is 0 Å². The van der Waals surface area contributed by atoms with Crippen molar-refractivity contribution < 1.29 is 9.47 Å². The van der Waals surface area contributed by atoms with E-state index in [1.807, 2.05) is 6.07 Å². The second-order valence-electron chi connectivity index (χ2n) is 5.80. The van der Waals surface area contributed by atoms with Gasteiger partial charge in [0.25, 0.3) is 0 Å². The quantitative estimate of drug-likeness (QED) is 0.582. The van der Waals surface area contributed by atoms with Crippen molar-refractivity contribution in [2.75, 3.05) is 13.2 Å². The van der Waals surface area contributed by atoms with Gasteiger partial charge in [-0.3, -0.25) is 0 Å². The van der Waals surface area contributed by atoms with Gasteiger partial charge in [0.15, 0.2) is 6.29 Å². The van der Waals surface area contributed by atoms with Gasteiger partial charge in [0.2, 0.25) is 0 Å². The number of ether oxygens (including phenoxy) is 2. The summed E-state index contributed by atoms with van der Waals surface area (Å²) in [6.07, 6.45) is 10.9. The minimum Gasteiger partial charge on any atom is -0.352 e. The Kier molecular flexibility index (Phi) is 7.55. The van der Waals surface area contributed by atoms with E-state index in [4.69, 9.17) is 9.47 Å². The van der Waals surface area contributed by atoms with Gasteiger partial charge in [-0.05, 0) is 17.6 Å². The van der Waals surface area contributed by atoms with Crippen LogP contribution >= 0.6 is 0 Å². The third-order valence-corrected chi connectivity index (χ3v) is 3.86. The average molecular weight is 288 g/mol. The average Bonchev–Trinajstić information content (AvgIpc) is 2.95. The molecule has 1 saturated heterocycles. The Morgan fingerprint density at radius 3 is 2.67 bits per heavy atom. The summed E-state index contributed by atoms with van der Waals surface area (Å²) in [7, 11) is 0. The van der Waals surface area contributed by atoms with E-state index in [2.05, 4.69) is 37.3 Å². The summed E-state index contributed by atoms with van der Waals surface area (Å²) >= 11 is 0. The molecule has 1 heterocycles. The largest absolute Gasteiger partial charge is 0.352 e. The number of rotatable bonds is 9. The molecule has 21 heavy (non-hydrogen) atoms. The summed E-state index contributed by atoms with van der Waals surface area (Å²) in [5.41, 5.74) is 2.57. The third-order valence-electron chi connectivity index (χ3n) is 3.86. The second kappa shape index (κ2) is 9.75. The summed E-state index contributed by atoms with van der Waals surface area (Å²) in [6.45, 7) is 3.78. The van der Waals surface area contributed by atoms with E-state index in [-0.39, 0.29) is 6.29 Å². The van der Waals surface area contributed by atoms with E-state index in [0.29, 0.717) is 6.61 Å². The van der Waals surface area contributed by atoms with E-state index in [9.17, 15) is 0 Å². The molecule has 0 N–H and O–H groups in total. The molecule has 2 heteroatoms. The lowest BCUT2D eigenvalue weighted by Crippen LogP contribution is -2.11. The molecule has 0 aliphatic carbocycles. The molecular formula is C19H28O2. The van der Waals surface area contributed by atoms with Crippen molar-refractivity contribution in [3.63, 3.8) is 0 Å². The van der Waals surface area contributed by atoms with Crippen LogP contribution in [0.4, 0.5) is 0 Å². The zero-order chi connectivity index (χ0) is 14.8. The van der Waals surface area contributed by atoms with Crippen LogP contribution in [0.15, 0.2) is 35.9 Å². The molecule has 0 spiro atoms. The van der Waals surface area contributed by atoms with Crippen LogP contribution in [-0.4, -0.2) is 19.5 Å². The highest BCUT2D eigenvalue weighted by Gasteiger charge is 2.20. The Hall–Kier alpha value is -1.12. The van der Waals surface area contributed by atoms with Crippen molar-refractivity contribution >= 4 is 6.08 Å². The van der Waals surface area contributed by atoms with E-state index >= 15 is 0 Å². The zero-order valence-corrected chi connectivity index (χ0v) is 13.2. The van der Waals surface area contributed by atoms with Crippen LogP contribution in [0.25, 0.3) is 6.08 Å². The number of unbranched alkanes of at least 4 members (excludes halogenated alkanes) is 5. The molecule has 116 valence electrons. The lowest BCUT2D eigenvalue weighted by molar-refractivity contribution is -0.111. The molecule has 0 bridgehead atoms. The normalized spacial score (nSPS) is 20.2. The molecule has 1 aliphatic heterocycles. The van der Waals surface area contributed by atoms with Gasteiger partial charge in [-0.1, -0.05) is 75.4 Å². The Bertz CT molecular complexity index is 411. The topological polar surface area (TPSA) is 18.5 Å². The lowest BCUT2D eigenvalue weighted by Gasteiger charge is -2.10. The van der Waals surface area contributed by atoms with Crippen LogP contribution < -0.4 is 0 Å². The lowest BCUT2D eigenvalue weighted by atomic mass is 10.1. The Labute approximate surface area is 129 Å². The van der Waals surface area contributed by atoms with E-state index < -0.39 is 0 Å². The predicted molar refractivity (Wildman–Crippen MR) is 88.1 cm³/mol. The third kappa shape index (κ3) is 6.45. The predicted octanol–water partition coefficient (Wildman–Crippen LogP) is 5.19. The molecule has 0 radical (unpaired) electrons. The van der Waals surface area contributed by atoms with Gasteiger partial charge < -0.3 is 9.47 Å². The van der Waals surface area contributed by atoms with Crippen LogP contribution in [0.5, 0.6) is 0 Å². The van der Waals surface area contributed by atoms with Gasteiger partial charge in [-0.25, -0.2) is 0 Å². The van der Waals surface area contributed by atoms with Crippen molar-refractivity contribution in [3.8, 4) is 0 Å². The fraction of sp³-hybridized carbons (Fsp3) is 0.579. The standard InChI is InChI=1S/C19H28O2/c1-2-3-4-5-6-10-13-20-19-15-18(16-21-19)14-17-11-8-7-9-12-17/h7-9,11-12,14,19H,2-6,10,13,15-16H2,1H3/b18-14-. The van der Waals surface area contributed by atoms with Gasteiger partial charge in [0, 0.05) is 13.0 Å². The van der Waals surface area contributed by atoms with E-state index in [1.165, 1.54) is 43.2 Å². The summed E-state index contributed by atoms with van der Waals surface area (Å²) in [6, 6.07) is 10.4. The highest BCUT2D eigenvalue weighted by molar-refractivity contribution is 5.53. The minimum absolute atomic E-state index is 0.0318. The molecule has 1 aromatic carbocycles. The monoisotopic (exact) mass is 288 g/mol. The summed E-state index contributed by atoms with van der Waals surface area (Å²) in [4.78, 5) is 0. The molecule has 1 fully saturated rings. The minimum atomic E-state index is -0.0318. The van der Waals surface area contributed by atoms with Crippen molar-refractivity contribution in [1.82, 2.24) is 0 Å². The first-order valence-electron chi connectivity index (χ1n) is 8.36. The molecule has 1 unspecified atom stereocenters. The smallest absolute Gasteiger partial charge is 0.161 e. The van der Waals surface area contributed by atoms with Gasteiger partial charge in [-0.2, -0.15) is 0 Å². The van der Waals surface area contributed by atoms with Gasteiger partial charge >= 0.3 is 0 Å². The first-order chi connectivity index (χ1) is 10.4. The fourth-order valence-corrected chi connectivity index (χ4v) is 2.62. The van der Waals surface area contributed by atoms with Gasteiger partial charge in [-0.15, -0.1) is 0 Å². The molecule has 2 nitrogen and oxygen atoms in total. The molecule has 2 rings (SSSR count). The number of hydrogen-bond donors (Lipinski definition) is 0. The Morgan fingerprint density at radius 2 is 1.86 bits per heavy atom. The zero-order valence-electron chi connectivity index (χ0n) is 13.2. The number of benzene rings is 1. The van der Waals surface area contributed by atoms with Crippen molar-refractivity contribution in [2.45, 2.75) is 58.2 Å². The van der Waals surface area contributed by atoms with E-state index in [1.54, 1.807) is 0 Å². The van der Waals surface area contributed by atoms with Crippen LogP contribution in [0, 0.1) is 0 Å².